The number of amides is 2. The van der Waals surface area contributed by atoms with Gasteiger partial charge >= 0.3 is 0 Å². The maximum atomic E-state index is 13.0. The topological polar surface area (TPSA) is 87.2 Å². The first-order valence-electron chi connectivity index (χ1n) is 11.7. The van der Waals surface area contributed by atoms with Crippen molar-refractivity contribution in [1.82, 2.24) is 19.8 Å². The quantitative estimate of drug-likeness (QED) is 0.650. The number of carbonyl (C=O) groups is 2. The summed E-state index contributed by atoms with van der Waals surface area (Å²) in [6.45, 7) is 6.33. The number of carbonyl (C=O) groups excluding carboxylic acids is 2. The van der Waals surface area contributed by atoms with Gasteiger partial charge in [-0.1, -0.05) is 26.7 Å². The molecule has 1 saturated heterocycles. The molecule has 4 rings (SSSR count). The van der Waals surface area contributed by atoms with E-state index in [1.807, 2.05) is 4.90 Å². The number of aromatic amines is 1. The van der Waals surface area contributed by atoms with E-state index in [1.165, 1.54) is 6.42 Å². The molecular weight excluding hydrogens is 424 g/mol. The van der Waals surface area contributed by atoms with Crippen LogP contribution in [0.15, 0.2) is 23.0 Å². The van der Waals surface area contributed by atoms with Crippen molar-refractivity contribution in [2.24, 2.45) is 11.8 Å². The minimum Gasteiger partial charge on any atom is -0.349 e. The van der Waals surface area contributed by atoms with Crippen LogP contribution in [0, 0.1) is 16.6 Å². The molecule has 2 fully saturated rings. The van der Waals surface area contributed by atoms with Crippen molar-refractivity contribution >= 4 is 34.9 Å². The number of nitrogens with one attached hydrogen (secondary N) is 2. The zero-order valence-corrected chi connectivity index (χ0v) is 19.7. The molecule has 8 heteroatoms. The van der Waals surface area contributed by atoms with Crippen LogP contribution in [0.4, 0.5) is 0 Å². The number of rotatable bonds is 6. The molecular formula is C24H32N4O3S. The van der Waals surface area contributed by atoms with Gasteiger partial charge in [0.1, 0.15) is 0 Å². The molecule has 0 radical (unpaired) electrons. The summed E-state index contributed by atoms with van der Waals surface area (Å²) in [5.74, 6) is 1.12. The minimum absolute atomic E-state index is 0.114. The summed E-state index contributed by atoms with van der Waals surface area (Å²) in [6.07, 6.45) is 5.54. The van der Waals surface area contributed by atoms with Gasteiger partial charge in [0.15, 0.2) is 4.77 Å². The fraction of sp³-hybridized carbons (Fsp3) is 0.583. The molecule has 32 heavy (non-hydrogen) atoms. The lowest BCUT2D eigenvalue weighted by Crippen LogP contribution is -2.43. The number of likely N-dealkylation sites (tertiary alicyclic amines) is 1. The summed E-state index contributed by atoms with van der Waals surface area (Å²) < 4.78 is 1.88. The third-order valence-electron chi connectivity index (χ3n) is 7.25. The van der Waals surface area contributed by atoms with Crippen molar-refractivity contribution in [1.29, 1.82) is 0 Å². The fourth-order valence-corrected chi connectivity index (χ4v) is 5.28. The van der Waals surface area contributed by atoms with Crippen LogP contribution >= 0.6 is 12.2 Å². The van der Waals surface area contributed by atoms with Gasteiger partial charge in [-0.05, 0) is 61.5 Å². The molecule has 1 aliphatic heterocycles. The first-order valence-corrected chi connectivity index (χ1v) is 12.1. The predicted molar refractivity (Wildman–Crippen MR) is 127 cm³/mol. The van der Waals surface area contributed by atoms with Gasteiger partial charge in [0.2, 0.25) is 5.91 Å². The highest BCUT2D eigenvalue weighted by molar-refractivity contribution is 7.71. The average Bonchev–Trinajstić information content (AvgIpc) is 3.18. The van der Waals surface area contributed by atoms with E-state index < -0.39 is 0 Å². The molecule has 2 aliphatic rings. The number of aromatic nitrogens is 2. The smallest absolute Gasteiger partial charge is 0.262 e. The first kappa shape index (κ1) is 22.7. The van der Waals surface area contributed by atoms with E-state index in [1.54, 1.807) is 22.8 Å². The van der Waals surface area contributed by atoms with Crippen molar-refractivity contribution in [3.63, 3.8) is 0 Å². The van der Waals surface area contributed by atoms with E-state index in [2.05, 4.69) is 24.1 Å². The maximum absolute atomic E-state index is 13.0. The van der Waals surface area contributed by atoms with Gasteiger partial charge in [-0.15, -0.1) is 0 Å². The van der Waals surface area contributed by atoms with Crippen LogP contribution in [0.2, 0.25) is 0 Å². The monoisotopic (exact) mass is 456 g/mol. The van der Waals surface area contributed by atoms with Gasteiger partial charge in [-0.3, -0.25) is 19.0 Å². The lowest BCUT2D eigenvalue weighted by Gasteiger charge is -2.34. The molecule has 1 aromatic heterocycles. The molecule has 2 amide bonds. The van der Waals surface area contributed by atoms with Crippen LogP contribution in [0.1, 0.15) is 62.7 Å². The Kier molecular flexibility index (Phi) is 6.79. The SMILES string of the molecule is C[C@@H]1[C@H](C)CCC[C@@H]1NC(=O)c1ccc2c(=O)n(CCCN3CCCC3=O)c(=S)[nH]c2c1. The van der Waals surface area contributed by atoms with E-state index in [-0.39, 0.29) is 23.4 Å². The Morgan fingerprint density at radius 3 is 2.75 bits per heavy atom. The van der Waals surface area contributed by atoms with Crippen molar-refractivity contribution in [2.45, 2.75) is 65.0 Å². The summed E-state index contributed by atoms with van der Waals surface area (Å²) in [7, 11) is 0. The Labute approximate surface area is 193 Å². The lowest BCUT2D eigenvalue weighted by molar-refractivity contribution is -0.127. The highest BCUT2D eigenvalue weighted by atomic mass is 32.1. The van der Waals surface area contributed by atoms with Gasteiger partial charge in [0, 0.05) is 37.7 Å². The predicted octanol–water partition coefficient (Wildman–Crippen LogP) is 3.63. The standard InChI is InChI=1S/C24H32N4O3S/c1-15-6-3-7-19(16(15)2)25-22(30)17-9-10-18-20(14-17)26-24(32)28(23(18)31)13-5-12-27-11-4-8-21(27)29/h9-10,14-16,19H,3-8,11-13H2,1-2H3,(H,25,30)(H,26,32)/t15-,16-,19+/m1/s1. The zero-order chi connectivity index (χ0) is 22.8. The Hall–Kier alpha value is -2.48. The molecule has 1 aliphatic carbocycles. The van der Waals surface area contributed by atoms with Gasteiger partial charge < -0.3 is 15.2 Å². The molecule has 1 saturated carbocycles. The number of hydrogen-bond donors (Lipinski definition) is 2. The summed E-state index contributed by atoms with van der Waals surface area (Å²) in [6, 6.07) is 5.30. The Bertz CT molecular complexity index is 1140. The van der Waals surface area contributed by atoms with Crippen LogP contribution in [0.3, 0.4) is 0 Å². The van der Waals surface area contributed by atoms with Crippen molar-refractivity contribution < 1.29 is 9.59 Å². The number of fused-ring (bicyclic) bond motifs is 1. The van der Waals surface area contributed by atoms with Crippen LogP contribution in [0.25, 0.3) is 10.9 Å². The van der Waals surface area contributed by atoms with Crippen LogP contribution in [-0.4, -0.2) is 45.4 Å². The van der Waals surface area contributed by atoms with Gasteiger partial charge in [0.05, 0.1) is 10.9 Å². The highest BCUT2D eigenvalue weighted by Crippen LogP contribution is 2.29. The molecule has 7 nitrogen and oxygen atoms in total. The molecule has 1 aromatic carbocycles. The van der Waals surface area contributed by atoms with Crippen molar-refractivity contribution in [2.75, 3.05) is 13.1 Å². The second-order valence-corrected chi connectivity index (χ2v) is 9.72. The largest absolute Gasteiger partial charge is 0.349 e. The van der Waals surface area contributed by atoms with Crippen LogP contribution in [-0.2, 0) is 11.3 Å². The summed E-state index contributed by atoms with van der Waals surface area (Å²) in [4.78, 5) is 42.6. The lowest BCUT2D eigenvalue weighted by atomic mass is 9.78. The van der Waals surface area contributed by atoms with Crippen LogP contribution < -0.4 is 10.9 Å². The molecule has 3 atom stereocenters. The van der Waals surface area contributed by atoms with E-state index in [0.717, 1.165) is 25.8 Å². The molecule has 172 valence electrons. The average molecular weight is 457 g/mol. The van der Waals surface area contributed by atoms with Gasteiger partial charge in [-0.2, -0.15) is 0 Å². The second-order valence-electron chi connectivity index (χ2n) is 9.33. The van der Waals surface area contributed by atoms with E-state index in [9.17, 15) is 14.4 Å². The Balaban J connectivity index is 1.49. The number of benzene rings is 1. The number of hydrogen-bond acceptors (Lipinski definition) is 4. The summed E-state index contributed by atoms with van der Waals surface area (Å²) in [5, 5.41) is 3.69. The number of nitrogens with zero attached hydrogens (tertiary/aromatic N) is 2. The normalized spacial score (nSPS) is 23.6. The minimum atomic E-state index is -0.168. The second kappa shape index (κ2) is 9.57. The molecule has 0 unspecified atom stereocenters. The molecule has 0 spiro atoms. The highest BCUT2D eigenvalue weighted by Gasteiger charge is 2.28. The van der Waals surface area contributed by atoms with Gasteiger partial charge in [0.25, 0.3) is 11.5 Å². The molecule has 2 N–H and O–H groups in total. The van der Waals surface area contributed by atoms with E-state index >= 15 is 0 Å². The molecule has 2 aromatic rings. The maximum Gasteiger partial charge on any atom is 0.262 e. The first-order chi connectivity index (χ1) is 15.3. The zero-order valence-electron chi connectivity index (χ0n) is 18.9. The van der Waals surface area contributed by atoms with Gasteiger partial charge in [-0.25, -0.2) is 0 Å². The number of H-pyrrole nitrogens is 1. The molecule has 2 heterocycles. The van der Waals surface area contributed by atoms with Crippen molar-refractivity contribution in [3.05, 3.63) is 38.9 Å². The van der Waals surface area contributed by atoms with E-state index in [4.69, 9.17) is 12.2 Å². The Morgan fingerprint density at radius 1 is 1.19 bits per heavy atom. The molecule has 0 bridgehead atoms. The summed E-state index contributed by atoms with van der Waals surface area (Å²) >= 11 is 5.43. The van der Waals surface area contributed by atoms with Crippen LogP contribution in [0.5, 0.6) is 0 Å². The Morgan fingerprint density at radius 2 is 2.00 bits per heavy atom. The van der Waals surface area contributed by atoms with Crippen molar-refractivity contribution in [3.8, 4) is 0 Å². The summed E-state index contributed by atoms with van der Waals surface area (Å²) in [5.41, 5.74) is 0.931. The fourth-order valence-electron chi connectivity index (χ4n) is 5.00. The third kappa shape index (κ3) is 4.65. The third-order valence-corrected chi connectivity index (χ3v) is 7.57. The van der Waals surface area contributed by atoms with E-state index in [0.29, 0.717) is 59.0 Å².